The Bertz CT molecular complexity index is 87.1. The van der Waals surface area contributed by atoms with Gasteiger partial charge in [0.2, 0.25) is 22.5 Å². The summed E-state index contributed by atoms with van der Waals surface area (Å²) in [7, 11) is 0. The van der Waals surface area contributed by atoms with Crippen molar-refractivity contribution in [1.82, 2.24) is 0 Å². The lowest BCUT2D eigenvalue weighted by molar-refractivity contribution is 0.568. The smallest absolute Gasteiger partial charge is 0.227 e. The molecule has 0 radical (unpaired) electrons. The first-order chi connectivity index (χ1) is 3.13. The lowest BCUT2D eigenvalue weighted by atomic mass is 13.9. The number of hydrogen-bond donors (Lipinski definition) is 2. The Morgan fingerprint density at radius 2 is 1.43 bits per heavy atom. The van der Waals surface area contributed by atoms with Crippen LogP contribution < -0.4 is 10.3 Å². The largest absolute Gasteiger partial charge is 0.246 e. The predicted molar refractivity (Wildman–Crippen MR) is 25.7 cm³/mol. The molecule has 5 nitrogen and oxygen atoms in total. The summed E-state index contributed by atoms with van der Waals surface area (Å²) in [4.78, 5) is 0. The van der Waals surface area contributed by atoms with E-state index in [1.54, 1.807) is 0 Å². The monoisotopic (exact) mass is 144 g/mol. The van der Waals surface area contributed by atoms with Gasteiger partial charge in [0.15, 0.2) is 0 Å². The zero-order valence-corrected chi connectivity index (χ0v) is 4.83. The van der Waals surface area contributed by atoms with Gasteiger partial charge in [-0.15, -0.1) is 0 Å². The number of hydrogen-bond acceptors (Lipinski definition) is 3. The molecule has 0 unspecified atom stereocenters. The van der Waals surface area contributed by atoms with Crippen LogP contribution in [0.2, 0.25) is 0 Å². The van der Waals surface area contributed by atoms with E-state index in [0.29, 0.717) is 0 Å². The van der Waals surface area contributed by atoms with Crippen molar-refractivity contribution in [3.8, 4) is 0 Å². The summed E-state index contributed by atoms with van der Waals surface area (Å²) in [5, 5.41) is 8.94. The molecule has 0 heterocycles. The van der Waals surface area contributed by atoms with Crippen LogP contribution in [0.25, 0.3) is 0 Å². The van der Waals surface area contributed by atoms with E-state index in [2.05, 4.69) is 13.9 Å². The number of nitrogens with two attached hydrogens (primary N) is 2. The van der Waals surface area contributed by atoms with E-state index in [9.17, 15) is 8.42 Å². The molecule has 0 bridgehead atoms. The molecular formula is H4N2O3S2. The highest BCUT2D eigenvalue weighted by molar-refractivity contribution is 7.91. The van der Waals surface area contributed by atoms with Crippen molar-refractivity contribution in [1.29, 1.82) is 0 Å². The van der Waals surface area contributed by atoms with E-state index in [4.69, 9.17) is 0 Å². The highest BCUT2D eigenvalue weighted by atomic mass is 32.3. The van der Waals surface area contributed by atoms with Gasteiger partial charge in [0.25, 0.3) is 0 Å². The zero-order chi connectivity index (χ0) is 5.86. The molecule has 0 amide bonds. The third kappa shape index (κ3) is 6.18. The van der Waals surface area contributed by atoms with Gasteiger partial charge < -0.3 is 0 Å². The van der Waals surface area contributed by atoms with Crippen molar-refractivity contribution in [3.63, 3.8) is 0 Å². The van der Waals surface area contributed by atoms with Gasteiger partial charge in [0, 0.05) is 0 Å². The highest BCUT2D eigenvalue weighted by Gasteiger charge is 1.92. The maximum absolute atomic E-state index is 9.65. The standard InChI is InChI=1S/H4N2O3S2/c1-6(3)5-7(2)4/h1-2H2. The summed E-state index contributed by atoms with van der Waals surface area (Å²) in [6.07, 6.45) is 0. The van der Waals surface area contributed by atoms with E-state index >= 15 is 0 Å². The second kappa shape index (κ2) is 3.22. The Morgan fingerprint density at radius 3 is 1.43 bits per heavy atom. The molecule has 0 aromatic carbocycles. The second-order valence-corrected chi connectivity index (χ2v) is 2.18. The SMILES string of the molecule is NS(=O)OS(N)=O. The molecule has 0 saturated heterocycles. The van der Waals surface area contributed by atoms with E-state index < -0.39 is 22.5 Å². The van der Waals surface area contributed by atoms with Crippen LogP contribution in [-0.2, 0) is 26.2 Å². The maximum atomic E-state index is 9.65. The molecule has 4 N–H and O–H groups in total. The van der Waals surface area contributed by atoms with Crippen molar-refractivity contribution < 1.29 is 12.0 Å². The first-order valence-electron chi connectivity index (χ1n) is 1.14. The molecule has 0 fully saturated rings. The molecule has 0 spiro atoms. The molecule has 0 atom stereocenters. The molecule has 44 valence electrons. The van der Waals surface area contributed by atoms with Gasteiger partial charge in [-0.05, 0) is 0 Å². The van der Waals surface area contributed by atoms with Crippen LogP contribution >= 0.6 is 0 Å². The normalized spacial score (nSPS) is 18.6. The fourth-order valence-corrected chi connectivity index (χ4v) is 0.595. The van der Waals surface area contributed by atoms with Gasteiger partial charge in [-0.3, -0.25) is 0 Å². The molecule has 7 heavy (non-hydrogen) atoms. The van der Waals surface area contributed by atoms with Crippen LogP contribution in [0.3, 0.4) is 0 Å². The molecule has 7 heteroatoms. The maximum Gasteiger partial charge on any atom is 0.246 e. The minimum atomic E-state index is -2.02. The van der Waals surface area contributed by atoms with Crippen LogP contribution in [-0.4, -0.2) is 8.42 Å². The van der Waals surface area contributed by atoms with Crippen LogP contribution in [0.1, 0.15) is 0 Å². The van der Waals surface area contributed by atoms with Crippen molar-refractivity contribution >= 4 is 22.5 Å². The predicted octanol–water partition coefficient (Wildman–Crippen LogP) is -1.92. The highest BCUT2D eigenvalue weighted by Crippen LogP contribution is 1.72. The summed E-state index contributed by atoms with van der Waals surface area (Å²) in [6.45, 7) is 0. The van der Waals surface area contributed by atoms with Crippen LogP contribution in [0, 0.1) is 0 Å². The van der Waals surface area contributed by atoms with Gasteiger partial charge >= 0.3 is 0 Å². The van der Waals surface area contributed by atoms with E-state index in [-0.39, 0.29) is 0 Å². The molecule has 0 aliphatic heterocycles. The van der Waals surface area contributed by atoms with E-state index in [0.717, 1.165) is 0 Å². The second-order valence-electron chi connectivity index (χ2n) is 0.589. The Hall–Kier alpha value is 0.180. The first kappa shape index (κ1) is 7.18. The first-order valence-corrected chi connectivity index (χ1v) is 3.41. The van der Waals surface area contributed by atoms with Gasteiger partial charge in [-0.25, -0.2) is 18.7 Å². The lowest BCUT2D eigenvalue weighted by Crippen LogP contribution is -2.14. The van der Waals surface area contributed by atoms with Crippen molar-refractivity contribution in [3.05, 3.63) is 0 Å². The molecular weight excluding hydrogens is 140 g/mol. The third-order valence-electron chi connectivity index (χ3n) is 0.134. The Morgan fingerprint density at radius 1 is 1.14 bits per heavy atom. The summed E-state index contributed by atoms with van der Waals surface area (Å²) in [6, 6.07) is 0. The fraction of sp³-hybridized carbons (Fsp3) is 0. The molecule has 0 aliphatic rings. The van der Waals surface area contributed by atoms with Crippen LogP contribution in [0.15, 0.2) is 0 Å². The third-order valence-corrected chi connectivity index (χ3v) is 1.21. The van der Waals surface area contributed by atoms with Gasteiger partial charge in [-0.2, -0.15) is 3.63 Å². The van der Waals surface area contributed by atoms with E-state index in [1.165, 1.54) is 0 Å². The zero-order valence-electron chi connectivity index (χ0n) is 3.20. The molecule has 0 aromatic heterocycles. The summed E-state index contributed by atoms with van der Waals surface area (Å²) < 4.78 is 23.0. The number of rotatable bonds is 2. The summed E-state index contributed by atoms with van der Waals surface area (Å²) >= 11 is -4.04. The fourth-order valence-electron chi connectivity index (χ4n) is 0.0661. The van der Waals surface area contributed by atoms with Crippen molar-refractivity contribution in [2.24, 2.45) is 10.3 Å². The van der Waals surface area contributed by atoms with Gasteiger partial charge in [0.1, 0.15) is 0 Å². The quantitative estimate of drug-likeness (QED) is 0.472. The average Bonchev–Trinajstić information content (AvgIpc) is 1.27. The average molecular weight is 144 g/mol. The van der Waals surface area contributed by atoms with Crippen molar-refractivity contribution in [2.45, 2.75) is 0 Å². The molecule has 0 saturated carbocycles. The van der Waals surface area contributed by atoms with E-state index in [1.807, 2.05) is 0 Å². The van der Waals surface area contributed by atoms with Crippen molar-refractivity contribution in [2.75, 3.05) is 0 Å². The summed E-state index contributed by atoms with van der Waals surface area (Å²) in [5.74, 6) is 0. The van der Waals surface area contributed by atoms with Crippen LogP contribution in [0.4, 0.5) is 0 Å². The minimum Gasteiger partial charge on any atom is -0.227 e. The molecule has 0 aromatic rings. The minimum absolute atomic E-state index is 2.02. The van der Waals surface area contributed by atoms with Gasteiger partial charge in [0.05, 0.1) is 0 Å². The Kier molecular flexibility index (Phi) is 3.30. The Labute approximate surface area is 45.6 Å². The van der Waals surface area contributed by atoms with Gasteiger partial charge in [-0.1, -0.05) is 0 Å². The topological polar surface area (TPSA) is 95.4 Å². The molecule has 0 aliphatic carbocycles. The van der Waals surface area contributed by atoms with Crippen LogP contribution in [0.5, 0.6) is 0 Å². The molecule has 0 rings (SSSR count). The Balaban J connectivity index is 3.32. The summed E-state index contributed by atoms with van der Waals surface area (Å²) in [5.41, 5.74) is 0. The lowest BCUT2D eigenvalue weighted by Gasteiger charge is -1.85.